The van der Waals surface area contributed by atoms with Gasteiger partial charge in [-0.1, -0.05) is 25.3 Å². The van der Waals surface area contributed by atoms with Gasteiger partial charge in [0.05, 0.1) is 12.5 Å². The van der Waals surface area contributed by atoms with Crippen LogP contribution in [0.4, 0.5) is 0 Å². The summed E-state index contributed by atoms with van der Waals surface area (Å²) in [6.45, 7) is 6.24. The van der Waals surface area contributed by atoms with Crippen LogP contribution in [0.25, 0.3) is 11.5 Å². The first-order valence-corrected chi connectivity index (χ1v) is 6.97. The van der Waals surface area contributed by atoms with E-state index in [1.165, 1.54) is 16.2 Å². The van der Waals surface area contributed by atoms with E-state index in [1.54, 1.807) is 5.38 Å². The van der Waals surface area contributed by atoms with Crippen molar-refractivity contribution < 1.29 is 9.90 Å². The molecule has 0 aliphatic rings. The molecule has 1 N–H and O–H groups in total. The number of hydrogen-bond donors (Lipinski definition) is 1. The molecule has 9 heteroatoms. The standard InChI is InChI=1S/C11H16N6O2S/c1-11(2,3)4-7(10(18)19)5-17-9(13-14-15-17)8-6-20-16-12-8/h6-7H,4-5H2,1-3H3,(H,18,19). The molecule has 0 fully saturated rings. The third kappa shape index (κ3) is 3.56. The van der Waals surface area contributed by atoms with Gasteiger partial charge >= 0.3 is 5.97 Å². The van der Waals surface area contributed by atoms with Crippen molar-refractivity contribution in [1.82, 2.24) is 29.8 Å². The van der Waals surface area contributed by atoms with Crippen LogP contribution in [0.3, 0.4) is 0 Å². The molecule has 2 aromatic heterocycles. The Morgan fingerprint density at radius 1 is 1.45 bits per heavy atom. The Balaban J connectivity index is 2.20. The monoisotopic (exact) mass is 296 g/mol. The molecule has 1 atom stereocenters. The number of rotatable bonds is 5. The van der Waals surface area contributed by atoms with Crippen molar-refractivity contribution >= 4 is 17.5 Å². The van der Waals surface area contributed by atoms with E-state index >= 15 is 0 Å². The van der Waals surface area contributed by atoms with Gasteiger partial charge in [0.2, 0.25) is 5.82 Å². The van der Waals surface area contributed by atoms with Crippen molar-refractivity contribution in [1.29, 1.82) is 0 Å². The Morgan fingerprint density at radius 2 is 2.20 bits per heavy atom. The zero-order chi connectivity index (χ0) is 14.8. The number of nitrogens with zero attached hydrogens (tertiary/aromatic N) is 6. The van der Waals surface area contributed by atoms with Gasteiger partial charge in [-0.15, -0.1) is 10.2 Å². The highest BCUT2D eigenvalue weighted by atomic mass is 32.1. The minimum Gasteiger partial charge on any atom is -0.481 e. The molecule has 0 aromatic carbocycles. The minimum atomic E-state index is -0.849. The quantitative estimate of drug-likeness (QED) is 0.886. The molecule has 8 nitrogen and oxygen atoms in total. The molecule has 0 saturated carbocycles. The first-order chi connectivity index (χ1) is 9.37. The molecule has 0 aliphatic carbocycles. The van der Waals surface area contributed by atoms with E-state index in [1.807, 2.05) is 20.8 Å². The van der Waals surface area contributed by atoms with Gasteiger partial charge in [-0.2, -0.15) is 0 Å². The lowest BCUT2D eigenvalue weighted by Crippen LogP contribution is -2.26. The van der Waals surface area contributed by atoms with E-state index in [-0.39, 0.29) is 12.0 Å². The smallest absolute Gasteiger partial charge is 0.308 e. The molecule has 2 heterocycles. The highest BCUT2D eigenvalue weighted by Gasteiger charge is 2.27. The molecule has 0 aliphatic heterocycles. The fraction of sp³-hybridized carbons (Fsp3) is 0.636. The summed E-state index contributed by atoms with van der Waals surface area (Å²) in [6, 6.07) is 0. The van der Waals surface area contributed by atoms with Gasteiger partial charge in [0.25, 0.3) is 0 Å². The maximum absolute atomic E-state index is 11.4. The molecule has 0 radical (unpaired) electrons. The van der Waals surface area contributed by atoms with Gasteiger partial charge in [-0.05, 0) is 33.8 Å². The number of hydrogen-bond acceptors (Lipinski definition) is 7. The van der Waals surface area contributed by atoms with Crippen LogP contribution in [0, 0.1) is 11.3 Å². The summed E-state index contributed by atoms with van der Waals surface area (Å²) >= 11 is 1.20. The molecule has 2 rings (SSSR count). The average Bonchev–Trinajstić information content (AvgIpc) is 2.94. The van der Waals surface area contributed by atoms with Crippen molar-refractivity contribution in [2.75, 3.05) is 0 Å². The lowest BCUT2D eigenvalue weighted by Gasteiger charge is -2.23. The van der Waals surface area contributed by atoms with Crippen LogP contribution in [0.1, 0.15) is 27.2 Å². The lowest BCUT2D eigenvalue weighted by atomic mass is 9.84. The molecular weight excluding hydrogens is 280 g/mol. The molecule has 0 bridgehead atoms. The summed E-state index contributed by atoms with van der Waals surface area (Å²) in [5.74, 6) is -0.958. The first-order valence-electron chi connectivity index (χ1n) is 6.13. The van der Waals surface area contributed by atoms with Crippen LogP contribution < -0.4 is 0 Å². The SMILES string of the molecule is CC(C)(C)CC(Cn1nnnc1-c1csnn1)C(=O)O. The second-order valence-corrected chi connectivity index (χ2v) is 6.38. The van der Waals surface area contributed by atoms with Crippen LogP contribution in [0.15, 0.2) is 5.38 Å². The summed E-state index contributed by atoms with van der Waals surface area (Å²) in [7, 11) is 0. The molecule has 0 saturated heterocycles. The van der Waals surface area contributed by atoms with Gasteiger partial charge < -0.3 is 5.11 Å². The Hall–Kier alpha value is -1.90. The van der Waals surface area contributed by atoms with E-state index < -0.39 is 11.9 Å². The summed E-state index contributed by atoms with van der Waals surface area (Å²) < 4.78 is 5.23. The van der Waals surface area contributed by atoms with E-state index in [2.05, 4.69) is 25.1 Å². The molecule has 0 spiro atoms. The zero-order valence-corrected chi connectivity index (χ0v) is 12.3. The van der Waals surface area contributed by atoms with E-state index in [0.29, 0.717) is 17.9 Å². The largest absolute Gasteiger partial charge is 0.481 e. The molecule has 0 amide bonds. The fourth-order valence-corrected chi connectivity index (χ4v) is 2.39. The molecule has 2 aromatic rings. The highest BCUT2D eigenvalue weighted by molar-refractivity contribution is 7.03. The number of carboxylic acids is 1. The molecule has 108 valence electrons. The van der Waals surface area contributed by atoms with Crippen molar-refractivity contribution in [2.24, 2.45) is 11.3 Å². The maximum Gasteiger partial charge on any atom is 0.308 e. The van der Waals surface area contributed by atoms with Crippen LogP contribution in [0.2, 0.25) is 0 Å². The topological polar surface area (TPSA) is 107 Å². The number of carboxylic acid groups (broad SMARTS) is 1. The van der Waals surface area contributed by atoms with E-state index in [4.69, 9.17) is 0 Å². The fourth-order valence-electron chi connectivity index (χ4n) is 1.95. The van der Waals surface area contributed by atoms with Crippen molar-refractivity contribution in [3.8, 4) is 11.5 Å². The number of carbonyl (C=O) groups is 1. The Bertz CT molecular complexity index is 574. The number of aliphatic carboxylic acids is 1. The van der Waals surface area contributed by atoms with E-state index in [0.717, 1.165) is 0 Å². The Morgan fingerprint density at radius 3 is 2.75 bits per heavy atom. The van der Waals surface area contributed by atoms with Gasteiger partial charge in [0.15, 0.2) is 0 Å². The van der Waals surface area contributed by atoms with Gasteiger partial charge in [-0.25, -0.2) is 4.68 Å². The highest BCUT2D eigenvalue weighted by Crippen LogP contribution is 2.26. The normalized spacial score (nSPS) is 13.3. The maximum atomic E-state index is 11.4. The second-order valence-electron chi connectivity index (χ2n) is 5.77. The summed E-state index contributed by atoms with van der Waals surface area (Å²) in [5, 5.41) is 26.3. The third-order valence-electron chi connectivity index (χ3n) is 2.72. The molecular formula is C11H16N6O2S. The Kier molecular flexibility index (Phi) is 4.07. The van der Waals surface area contributed by atoms with Crippen molar-refractivity contribution in [3.63, 3.8) is 0 Å². The van der Waals surface area contributed by atoms with Crippen LogP contribution in [-0.4, -0.2) is 40.9 Å². The number of tetrazole rings is 1. The first kappa shape index (κ1) is 14.5. The van der Waals surface area contributed by atoms with Crippen molar-refractivity contribution in [3.05, 3.63) is 5.38 Å². The summed E-state index contributed by atoms with van der Waals surface area (Å²) in [6.07, 6.45) is 0.539. The average molecular weight is 296 g/mol. The van der Waals surface area contributed by atoms with Gasteiger partial charge in [0.1, 0.15) is 5.69 Å². The number of aromatic nitrogens is 6. The van der Waals surface area contributed by atoms with Gasteiger partial charge in [-0.3, -0.25) is 4.79 Å². The second kappa shape index (κ2) is 5.61. The lowest BCUT2D eigenvalue weighted by molar-refractivity contribution is -0.143. The predicted molar refractivity (Wildman–Crippen MR) is 71.9 cm³/mol. The third-order valence-corrected chi connectivity index (χ3v) is 3.23. The molecule has 1 unspecified atom stereocenters. The van der Waals surface area contributed by atoms with Crippen LogP contribution >= 0.6 is 11.5 Å². The minimum absolute atomic E-state index is 0.0839. The zero-order valence-electron chi connectivity index (χ0n) is 11.5. The molecule has 20 heavy (non-hydrogen) atoms. The van der Waals surface area contributed by atoms with E-state index in [9.17, 15) is 9.90 Å². The van der Waals surface area contributed by atoms with Gasteiger partial charge in [0, 0.05) is 5.38 Å². The van der Waals surface area contributed by atoms with Crippen LogP contribution in [-0.2, 0) is 11.3 Å². The summed E-state index contributed by atoms with van der Waals surface area (Å²) in [5.41, 5.74) is 0.472. The van der Waals surface area contributed by atoms with Crippen molar-refractivity contribution in [2.45, 2.75) is 33.7 Å². The Labute approximate surface area is 120 Å². The van der Waals surface area contributed by atoms with Crippen LogP contribution in [0.5, 0.6) is 0 Å². The summed E-state index contributed by atoms with van der Waals surface area (Å²) in [4.78, 5) is 11.4. The predicted octanol–water partition coefficient (Wildman–Crippen LogP) is 1.33.